The minimum Gasteiger partial charge on any atom is -0.388 e. The second kappa shape index (κ2) is 3.89. The van der Waals surface area contributed by atoms with Crippen LogP contribution >= 0.6 is 0 Å². The summed E-state index contributed by atoms with van der Waals surface area (Å²) in [5.74, 6) is 6.35. The Hall–Kier alpha value is -1.20. The van der Waals surface area contributed by atoms with Crippen molar-refractivity contribution < 1.29 is 5.11 Å². The van der Waals surface area contributed by atoms with Crippen molar-refractivity contribution in [1.82, 2.24) is 4.57 Å². The molecular formula is C12H15NO. The molecule has 0 saturated heterocycles. The average Bonchev–Trinajstić information content (AvgIpc) is 2.94. The van der Waals surface area contributed by atoms with Crippen molar-refractivity contribution >= 4 is 0 Å². The highest BCUT2D eigenvalue weighted by Crippen LogP contribution is 2.40. The van der Waals surface area contributed by atoms with Crippen molar-refractivity contribution in [1.29, 1.82) is 0 Å². The van der Waals surface area contributed by atoms with E-state index in [0.29, 0.717) is 12.5 Å². The number of nitrogens with zero attached hydrogens (tertiary/aromatic N) is 1. The minimum atomic E-state index is -0.258. The van der Waals surface area contributed by atoms with Gasteiger partial charge >= 0.3 is 0 Å². The molecule has 1 aromatic heterocycles. The molecule has 2 nitrogen and oxygen atoms in total. The zero-order valence-corrected chi connectivity index (χ0v) is 8.40. The summed E-state index contributed by atoms with van der Waals surface area (Å²) in [5.41, 5.74) is 1.03. The highest BCUT2D eigenvalue weighted by molar-refractivity contribution is 5.17. The number of hydrogen-bond donors (Lipinski definition) is 1. The molecule has 1 atom stereocenters. The summed E-state index contributed by atoms with van der Waals surface area (Å²) in [6.45, 7) is 2.55. The molecule has 0 spiro atoms. The molecule has 1 unspecified atom stereocenters. The van der Waals surface area contributed by atoms with Crippen LogP contribution < -0.4 is 0 Å². The van der Waals surface area contributed by atoms with E-state index in [9.17, 15) is 5.11 Å². The zero-order chi connectivity index (χ0) is 9.97. The fourth-order valence-corrected chi connectivity index (χ4v) is 1.59. The van der Waals surface area contributed by atoms with Gasteiger partial charge in [-0.3, -0.25) is 0 Å². The van der Waals surface area contributed by atoms with Gasteiger partial charge in [-0.1, -0.05) is 5.92 Å². The van der Waals surface area contributed by atoms with Crippen molar-refractivity contribution in [3.63, 3.8) is 0 Å². The van der Waals surface area contributed by atoms with Crippen molar-refractivity contribution in [2.45, 2.75) is 32.4 Å². The Labute approximate surface area is 84.6 Å². The molecule has 1 aliphatic rings. The number of rotatable bonds is 3. The van der Waals surface area contributed by atoms with Crippen LogP contribution in [0.3, 0.4) is 0 Å². The van der Waals surface area contributed by atoms with E-state index in [1.807, 2.05) is 30.0 Å². The lowest BCUT2D eigenvalue weighted by Gasteiger charge is -2.05. The third kappa shape index (κ3) is 2.00. The first-order valence-electron chi connectivity index (χ1n) is 5.04. The molecule has 0 aromatic carbocycles. The summed E-state index contributed by atoms with van der Waals surface area (Å²) < 4.78 is 2.01. The molecule has 0 amide bonds. The molecule has 1 heterocycles. The smallest absolute Gasteiger partial charge is 0.0832 e. The molecule has 2 rings (SSSR count). The third-order valence-corrected chi connectivity index (χ3v) is 2.62. The van der Waals surface area contributed by atoms with E-state index in [0.717, 1.165) is 5.56 Å². The molecule has 1 N–H and O–H groups in total. The SMILES string of the molecule is CC#CCn1ccc(C(O)C2CC2)c1. The lowest BCUT2D eigenvalue weighted by Crippen LogP contribution is -1.98. The van der Waals surface area contributed by atoms with E-state index in [2.05, 4.69) is 11.8 Å². The highest BCUT2D eigenvalue weighted by Gasteiger charge is 2.30. The topological polar surface area (TPSA) is 25.2 Å². The van der Waals surface area contributed by atoms with Crippen LogP contribution in [-0.2, 0) is 6.54 Å². The normalized spacial score (nSPS) is 17.3. The second-order valence-corrected chi connectivity index (χ2v) is 3.83. The van der Waals surface area contributed by atoms with Crippen LogP contribution in [0.1, 0.15) is 31.4 Å². The first-order chi connectivity index (χ1) is 6.81. The Morgan fingerprint density at radius 3 is 3.07 bits per heavy atom. The van der Waals surface area contributed by atoms with Crippen molar-refractivity contribution in [2.75, 3.05) is 0 Å². The Morgan fingerprint density at radius 1 is 1.64 bits per heavy atom. The van der Waals surface area contributed by atoms with Gasteiger partial charge in [0.05, 0.1) is 12.6 Å². The fourth-order valence-electron chi connectivity index (χ4n) is 1.59. The summed E-state index contributed by atoms with van der Waals surface area (Å²) in [5, 5.41) is 9.85. The molecular weight excluding hydrogens is 174 g/mol. The van der Waals surface area contributed by atoms with Gasteiger partial charge in [0, 0.05) is 12.4 Å². The molecule has 74 valence electrons. The van der Waals surface area contributed by atoms with E-state index in [1.165, 1.54) is 12.8 Å². The minimum absolute atomic E-state index is 0.258. The molecule has 1 aromatic rings. The largest absolute Gasteiger partial charge is 0.388 e. The van der Waals surface area contributed by atoms with Crippen LogP contribution in [0.15, 0.2) is 18.5 Å². The molecule has 14 heavy (non-hydrogen) atoms. The van der Waals surface area contributed by atoms with Gasteiger partial charge in [0.25, 0.3) is 0 Å². The van der Waals surface area contributed by atoms with Gasteiger partial charge in [-0.15, -0.1) is 5.92 Å². The summed E-state index contributed by atoms with van der Waals surface area (Å²) in [4.78, 5) is 0. The van der Waals surface area contributed by atoms with Gasteiger partial charge in [0.15, 0.2) is 0 Å². The first-order valence-corrected chi connectivity index (χ1v) is 5.04. The molecule has 2 heteroatoms. The van der Waals surface area contributed by atoms with Crippen molar-refractivity contribution in [2.24, 2.45) is 5.92 Å². The molecule has 0 aliphatic heterocycles. The maximum absolute atomic E-state index is 9.85. The van der Waals surface area contributed by atoms with Gasteiger partial charge in [-0.05, 0) is 37.3 Å². The summed E-state index contributed by atoms with van der Waals surface area (Å²) in [6.07, 6.45) is 6.05. The predicted molar refractivity (Wildman–Crippen MR) is 55.6 cm³/mol. The lowest BCUT2D eigenvalue weighted by atomic mass is 10.1. The van der Waals surface area contributed by atoms with Crippen LogP contribution in [0.25, 0.3) is 0 Å². The van der Waals surface area contributed by atoms with Gasteiger partial charge in [0.1, 0.15) is 0 Å². The van der Waals surface area contributed by atoms with Gasteiger partial charge in [0.2, 0.25) is 0 Å². The Bertz CT molecular complexity index is 365. The van der Waals surface area contributed by atoms with Crippen molar-refractivity contribution in [3.05, 3.63) is 24.0 Å². The van der Waals surface area contributed by atoms with Crippen LogP contribution in [-0.4, -0.2) is 9.67 Å². The quantitative estimate of drug-likeness (QED) is 0.722. The molecule has 0 radical (unpaired) electrons. The average molecular weight is 189 g/mol. The van der Waals surface area contributed by atoms with Crippen LogP contribution in [0, 0.1) is 17.8 Å². The Morgan fingerprint density at radius 2 is 2.43 bits per heavy atom. The van der Waals surface area contributed by atoms with Gasteiger partial charge in [-0.25, -0.2) is 0 Å². The standard InChI is InChI=1S/C12H15NO/c1-2-3-7-13-8-6-11(9-13)12(14)10-4-5-10/h6,8-10,12,14H,4-5,7H2,1H3. The maximum atomic E-state index is 9.85. The lowest BCUT2D eigenvalue weighted by molar-refractivity contribution is 0.154. The number of hydrogen-bond acceptors (Lipinski definition) is 1. The fraction of sp³-hybridized carbons (Fsp3) is 0.500. The van der Waals surface area contributed by atoms with E-state index in [4.69, 9.17) is 0 Å². The number of aliphatic hydroxyl groups excluding tert-OH is 1. The maximum Gasteiger partial charge on any atom is 0.0832 e. The van der Waals surface area contributed by atoms with Crippen LogP contribution in [0.4, 0.5) is 0 Å². The predicted octanol–water partition coefficient (Wildman–Crippen LogP) is 1.95. The van der Waals surface area contributed by atoms with E-state index < -0.39 is 0 Å². The molecule has 0 bridgehead atoms. The monoisotopic (exact) mass is 189 g/mol. The Balaban J connectivity index is 2.03. The van der Waals surface area contributed by atoms with Crippen LogP contribution in [0.5, 0.6) is 0 Å². The summed E-state index contributed by atoms with van der Waals surface area (Å²) >= 11 is 0. The summed E-state index contributed by atoms with van der Waals surface area (Å²) in [7, 11) is 0. The molecule has 1 saturated carbocycles. The molecule has 1 aliphatic carbocycles. The zero-order valence-electron chi connectivity index (χ0n) is 8.40. The van der Waals surface area contributed by atoms with Gasteiger partial charge < -0.3 is 9.67 Å². The third-order valence-electron chi connectivity index (χ3n) is 2.62. The van der Waals surface area contributed by atoms with Gasteiger partial charge in [-0.2, -0.15) is 0 Å². The van der Waals surface area contributed by atoms with Crippen LogP contribution in [0.2, 0.25) is 0 Å². The van der Waals surface area contributed by atoms with E-state index >= 15 is 0 Å². The van der Waals surface area contributed by atoms with E-state index in [1.54, 1.807) is 0 Å². The van der Waals surface area contributed by atoms with E-state index in [-0.39, 0.29) is 6.10 Å². The van der Waals surface area contributed by atoms with Crippen molar-refractivity contribution in [3.8, 4) is 11.8 Å². The Kier molecular flexibility index (Phi) is 2.60. The number of aliphatic hydroxyl groups is 1. The highest BCUT2D eigenvalue weighted by atomic mass is 16.3. The first kappa shape index (κ1) is 9.36. The number of aromatic nitrogens is 1. The summed E-state index contributed by atoms with van der Waals surface area (Å²) in [6, 6.07) is 1.99. The molecule has 1 fully saturated rings. The second-order valence-electron chi connectivity index (χ2n) is 3.83.